The summed E-state index contributed by atoms with van der Waals surface area (Å²) in [4.78, 5) is 30.3. The predicted octanol–water partition coefficient (Wildman–Crippen LogP) is 4.84. The maximum absolute atomic E-state index is 12.7. The third-order valence-electron chi connectivity index (χ3n) is 3.91. The van der Waals surface area contributed by atoms with Crippen LogP contribution in [0.25, 0.3) is 11.3 Å². The molecule has 0 atom stereocenters. The highest BCUT2D eigenvalue weighted by Crippen LogP contribution is 2.32. The number of hydrogen-bond acceptors (Lipinski definition) is 5. The molecule has 3 rings (SSSR count). The van der Waals surface area contributed by atoms with Crippen LogP contribution >= 0.6 is 34.5 Å². The van der Waals surface area contributed by atoms with Crippen LogP contribution in [0.5, 0.6) is 5.75 Å². The Kier molecular flexibility index (Phi) is 6.74. The zero-order chi connectivity index (χ0) is 21.0. The Bertz CT molecular complexity index is 1050. The van der Waals surface area contributed by atoms with Gasteiger partial charge in [0, 0.05) is 30.1 Å². The zero-order valence-electron chi connectivity index (χ0n) is 15.6. The van der Waals surface area contributed by atoms with Crippen molar-refractivity contribution in [3.05, 3.63) is 63.5 Å². The van der Waals surface area contributed by atoms with E-state index < -0.39 is 0 Å². The summed E-state index contributed by atoms with van der Waals surface area (Å²) < 4.78 is 5.52. The molecule has 0 aliphatic heterocycles. The van der Waals surface area contributed by atoms with Gasteiger partial charge in [0.05, 0.1) is 16.3 Å². The first-order chi connectivity index (χ1) is 13.8. The number of hydrogen-bond donors (Lipinski definition) is 1. The number of likely N-dealkylation sites (N-methyl/N-ethyl adjacent to an activating group) is 1. The molecule has 0 radical (unpaired) electrons. The van der Waals surface area contributed by atoms with Gasteiger partial charge in [-0.25, -0.2) is 4.98 Å². The highest BCUT2D eigenvalue weighted by atomic mass is 35.5. The molecule has 0 unspecified atom stereocenters. The number of aromatic nitrogens is 1. The monoisotopic (exact) mass is 449 g/mol. The minimum absolute atomic E-state index is 0.159. The van der Waals surface area contributed by atoms with E-state index in [0.29, 0.717) is 32.2 Å². The Hall–Kier alpha value is -2.61. The summed E-state index contributed by atoms with van der Waals surface area (Å²) >= 11 is 13.4. The quantitative estimate of drug-likeness (QED) is 0.584. The standard InChI is InChI=1S/C20H17Cl2N3O3S/c1-25(2)18(26)10-28-17-6-4-3-5-14(17)19(27)24-20-23-16(11-29-20)13-8-7-12(21)9-15(13)22/h3-9,11H,10H2,1-2H3,(H,23,24,27). The molecule has 0 bridgehead atoms. The van der Waals surface area contributed by atoms with Crippen LogP contribution in [0.1, 0.15) is 10.4 Å². The third-order valence-corrected chi connectivity index (χ3v) is 5.22. The van der Waals surface area contributed by atoms with Crippen molar-refractivity contribution in [2.75, 3.05) is 26.0 Å². The van der Waals surface area contributed by atoms with E-state index in [0.717, 1.165) is 5.56 Å². The van der Waals surface area contributed by atoms with Gasteiger partial charge in [-0.15, -0.1) is 11.3 Å². The van der Waals surface area contributed by atoms with E-state index in [1.807, 2.05) is 0 Å². The molecule has 150 valence electrons. The number of para-hydroxylation sites is 1. The van der Waals surface area contributed by atoms with E-state index in [-0.39, 0.29) is 18.4 Å². The van der Waals surface area contributed by atoms with Crippen LogP contribution in [0.3, 0.4) is 0 Å². The van der Waals surface area contributed by atoms with Gasteiger partial charge < -0.3 is 9.64 Å². The lowest BCUT2D eigenvalue weighted by Gasteiger charge is -2.13. The first-order valence-electron chi connectivity index (χ1n) is 8.49. The summed E-state index contributed by atoms with van der Waals surface area (Å²) in [6.07, 6.45) is 0. The molecule has 0 saturated heterocycles. The molecule has 0 fully saturated rings. The summed E-state index contributed by atoms with van der Waals surface area (Å²) in [5.74, 6) is -0.275. The van der Waals surface area contributed by atoms with Crippen molar-refractivity contribution in [3.63, 3.8) is 0 Å². The van der Waals surface area contributed by atoms with E-state index in [9.17, 15) is 9.59 Å². The summed E-state index contributed by atoms with van der Waals surface area (Å²) in [5, 5.41) is 5.97. The summed E-state index contributed by atoms with van der Waals surface area (Å²) in [7, 11) is 3.27. The smallest absolute Gasteiger partial charge is 0.261 e. The van der Waals surface area contributed by atoms with Crippen LogP contribution in [0, 0.1) is 0 Å². The number of nitrogens with one attached hydrogen (secondary N) is 1. The summed E-state index contributed by atoms with van der Waals surface area (Å²) in [5.41, 5.74) is 1.66. The number of thiazole rings is 1. The van der Waals surface area contributed by atoms with Gasteiger partial charge in [-0.1, -0.05) is 35.3 Å². The minimum Gasteiger partial charge on any atom is -0.483 e. The Morgan fingerprint density at radius 1 is 1.17 bits per heavy atom. The highest BCUT2D eigenvalue weighted by Gasteiger charge is 2.16. The molecule has 2 amide bonds. The predicted molar refractivity (Wildman–Crippen MR) is 116 cm³/mol. The SMILES string of the molecule is CN(C)C(=O)COc1ccccc1C(=O)Nc1nc(-c2ccc(Cl)cc2Cl)cs1. The number of rotatable bonds is 6. The fourth-order valence-corrected chi connectivity index (χ4v) is 3.58. The largest absolute Gasteiger partial charge is 0.483 e. The number of anilines is 1. The molecule has 6 nitrogen and oxygen atoms in total. The van der Waals surface area contributed by atoms with Gasteiger partial charge in [0.15, 0.2) is 11.7 Å². The number of benzene rings is 2. The molecule has 0 aliphatic carbocycles. The van der Waals surface area contributed by atoms with Crippen molar-refractivity contribution in [3.8, 4) is 17.0 Å². The number of carbonyl (C=O) groups excluding carboxylic acids is 2. The summed E-state index contributed by atoms with van der Waals surface area (Å²) in [6, 6.07) is 11.8. The van der Waals surface area contributed by atoms with Crippen molar-refractivity contribution in [1.29, 1.82) is 0 Å². The first kappa shape index (κ1) is 21.1. The molecule has 0 aliphatic rings. The molecule has 29 heavy (non-hydrogen) atoms. The van der Waals surface area contributed by atoms with E-state index in [1.165, 1.54) is 16.2 Å². The van der Waals surface area contributed by atoms with E-state index in [2.05, 4.69) is 10.3 Å². The van der Waals surface area contributed by atoms with Gasteiger partial charge in [-0.3, -0.25) is 14.9 Å². The minimum atomic E-state index is -0.388. The van der Waals surface area contributed by atoms with Crippen LogP contribution in [0.2, 0.25) is 10.0 Å². The number of halogens is 2. The lowest BCUT2D eigenvalue weighted by Crippen LogP contribution is -2.28. The second-order valence-electron chi connectivity index (χ2n) is 6.19. The molecular weight excluding hydrogens is 433 g/mol. The second-order valence-corrected chi connectivity index (χ2v) is 7.89. The molecular formula is C20H17Cl2N3O3S. The average molecular weight is 450 g/mol. The van der Waals surface area contributed by atoms with E-state index in [1.54, 1.807) is 61.9 Å². The van der Waals surface area contributed by atoms with Crippen LogP contribution in [0.4, 0.5) is 5.13 Å². The number of amides is 2. The Labute approximate surface area is 182 Å². The van der Waals surface area contributed by atoms with Crippen molar-refractivity contribution in [2.24, 2.45) is 0 Å². The molecule has 3 aromatic rings. The van der Waals surface area contributed by atoms with Crippen molar-refractivity contribution >= 4 is 51.5 Å². The Morgan fingerprint density at radius 3 is 2.66 bits per heavy atom. The number of carbonyl (C=O) groups is 2. The number of ether oxygens (including phenoxy) is 1. The van der Waals surface area contributed by atoms with Crippen LogP contribution in [-0.4, -0.2) is 42.4 Å². The molecule has 1 heterocycles. The lowest BCUT2D eigenvalue weighted by molar-refractivity contribution is -0.130. The third kappa shape index (κ3) is 5.26. The second kappa shape index (κ2) is 9.26. The fraction of sp³-hybridized carbons (Fsp3) is 0.150. The average Bonchev–Trinajstić information content (AvgIpc) is 3.14. The molecule has 1 N–H and O–H groups in total. The number of nitrogens with zero attached hydrogens (tertiary/aromatic N) is 2. The van der Waals surface area contributed by atoms with Crippen molar-refractivity contribution in [1.82, 2.24) is 9.88 Å². The molecule has 2 aromatic carbocycles. The van der Waals surface area contributed by atoms with Crippen molar-refractivity contribution in [2.45, 2.75) is 0 Å². The zero-order valence-corrected chi connectivity index (χ0v) is 17.9. The Balaban J connectivity index is 1.74. The molecule has 0 saturated carbocycles. The maximum Gasteiger partial charge on any atom is 0.261 e. The van der Waals surface area contributed by atoms with Gasteiger partial charge in [-0.2, -0.15) is 0 Å². The topological polar surface area (TPSA) is 71.5 Å². The van der Waals surface area contributed by atoms with Gasteiger partial charge in [0.25, 0.3) is 11.8 Å². The first-order valence-corrected chi connectivity index (χ1v) is 10.1. The normalized spacial score (nSPS) is 10.5. The van der Waals surface area contributed by atoms with E-state index in [4.69, 9.17) is 27.9 Å². The van der Waals surface area contributed by atoms with Crippen molar-refractivity contribution < 1.29 is 14.3 Å². The van der Waals surface area contributed by atoms with Crippen LogP contribution < -0.4 is 10.1 Å². The fourth-order valence-electron chi connectivity index (χ4n) is 2.37. The molecule has 1 aromatic heterocycles. The van der Waals surface area contributed by atoms with Gasteiger partial charge >= 0.3 is 0 Å². The maximum atomic E-state index is 12.7. The lowest BCUT2D eigenvalue weighted by atomic mass is 10.2. The van der Waals surface area contributed by atoms with Crippen LogP contribution in [-0.2, 0) is 4.79 Å². The van der Waals surface area contributed by atoms with Gasteiger partial charge in [-0.05, 0) is 30.3 Å². The van der Waals surface area contributed by atoms with Crippen LogP contribution in [0.15, 0.2) is 47.8 Å². The van der Waals surface area contributed by atoms with E-state index >= 15 is 0 Å². The molecule has 9 heteroatoms. The molecule has 0 spiro atoms. The Morgan fingerprint density at radius 2 is 1.93 bits per heavy atom. The van der Waals surface area contributed by atoms with Gasteiger partial charge in [0.1, 0.15) is 5.75 Å². The summed E-state index contributed by atoms with van der Waals surface area (Å²) in [6.45, 7) is -0.159. The highest BCUT2D eigenvalue weighted by molar-refractivity contribution is 7.14. The van der Waals surface area contributed by atoms with Gasteiger partial charge in [0.2, 0.25) is 0 Å².